The first-order chi connectivity index (χ1) is 17.0. The van der Waals surface area contributed by atoms with Gasteiger partial charge in [-0.3, -0.25) is 4.79 Å². The third kappa shape index (κ3) is 4.17. The van der Waals surface area contributed by atoms with Crippen LogP contribution >= 0.6 is 11.6 Å². The van der Waals surface area contributed by atoms with Crippen molar-refractivity contribution in [2.45, 2.75) is 25.8 Å². The summed E-state index contributed by atoms with van der Waals surface area (Å²) in [5.41, 5.74) is 5.94. The van der Waals surface area contributed by atoms with Gasteiger partial charge in [-0.1, -0.05) is 11.6 Å². The molecule has 0 atom stereocenters. The van der Waals surface area contributed by atoms with E-state index >= 15 is 0 Å². The average molecular weight is 487 g/mol. The summed E-state index contributed by atoms with van der Waals surface area (Å²) >= 11 is 6.11. The number of imidazole rings is 1. The number of amides is 1. The van der Waals surface area contributed by atoms with Crippen LogP contribution in [0.3, 0.4) is 0 Å². The molecule has 1 aliphatic rings. The predicted molar refractivity (Wildman–Crippen MR) is 137 cm³/mol. The van der Waals surface area contributed by atoms with Crippen LogP contribution in [0.4, 0.5) is 5.69 Å². The molecule has 7 nitrogen and oxygen atoms in total. The number of oxazole rings is 1. The highest BCUT2D eigenvalue weighted by atomic mass is 35.5. The Morgan fingerprint density at radius 2 is 1.74 bits per heavy atom. The van der Waals surface area contributed by atoms with Gasteiger partial charge in [-0.15, -0.1) is 0 Å². The zero-order valence-electron chi connectivity index (χ0n) is 19.1. The Bertz CT molecular complexity index is 1550. The third-order valence-corrected chi connectivity index (χ3v) is 6.54. The van der Waals surface area contributed by atoms with Crippen molar-refractivity contribution in [2.75, 3.05) is 18.5 Å². The average Bonchev–Trinajstić information content (AvgIpc) is 3.45. The first kappa shape index (κ1) is 21.8. The SMILES string of the molecule is CC(=O)Nc1ccc(-c2nc3cc(-c4nc5cc(Cl)ccc5o4)ccc3n2C2CCOCC2)cc1. The molecular formula is C27H23ClN4O3. The molecular weight excluding hydrogens is 464 g/mol. The maximum absolute atomic E-state index is 11.4. The van der Waals surface area contributed by atoms with Crippen molar-refractivity contribution >= 4 is 45.3 Å². The van der Waals surface area contributed by atoms with Crippen molar-refractivity contribution in [2.24, 2.45) is 0 Å². The predicted octanol–water partition coefficient (Wildman–Crippen LogP) is 6.47. The number of halogens is 1. The van der Waals surface area contributed by atoms with Gasteiger partial charge in [-0.2, -0.15) is 0 Å². The van der Waals surface area contributed by atoms with Crippen LogP contribution < -0.4 is 5.32 Å². The fourth-order valence-electron chi connectivity index (χ4n) is 4.68. The van der Waals surface area contributed by atoms with Gasteiger partial charge in [0.15, 0.2) is 5.58 Å². The second kappa shape index (κ2) is 8.83. The largest absolute Gasteiger partial charge is 0.436 e. The van der Waals surface area contributed by atoms with Crippen molar-refractivity contribution in [3.8, 4) is 22.8 Å². The molecule has 1 N–H and O–H groups in total. The van der Waals surface area contributed by atoms with Crippen LogP contribution in [0.25, 0.3) is 45.0 Å². The summed E-state index contributed by atoms with van der Waals surface area (Å²) in [6, 6.07) is 19.6. The fraction of sp³-hybridized carbons (Fsp3) is 0.222. The summed E-state index contributed by atoms with van der Waals surface area (Å²) in [6.45, 7) is 2.96. The van der Waals surface area contributed by atoms with E-state index in [4.69, 9.17) is 25.7 Å². The number of nitrogens with one attached hydrogen (secondary N) is 1. The normalized spacial score (nSPS) is 14.6. The first-order valence-electron chi connectivity index (χ1n) is 11.6. The van der Waals surface area contributed by atoms with Gasteiger partial charge in [0.25, 0.3) is 0 Å². The number of ether oxygens (including phenoxy) is 1. The lowest BCUT2D eigenvalue weighted by molar-refractivity contribution is -0.114. The molecule has 1 saturated heterocycles. The van der Waals surface area contributed by atoms with Crippen molar-refractivity contribution < 1.29 is 13.9 Å². The van der Waals surface area contributed by atoms with Crippen molar-refractivity contribution in [1.82, 2.24) is 14.5 Å². The summed E-state index contributed by atoms with van der Waals surface area (Å²) < 4.78 is 13.9. The number of nitrogens with zero attached hydrogens (tertiary/aromatic N) is 3. The number of carbonyl (C=O) groups excluding carboxylic acids is 1. The summed E-state index contributed by atoms with van der Waals surface area (Å²) in [6.07, 6.45) is 1.85. The van der Waals surface area contributed by atoms with E-state index in [1.54, 1.807) is 12.1 Å². The quantitative estimate of drug-likeness (QED) is 0.314. The van der Waals surface area contributed by atoms with Crippen LogP contribution in [-0.4, -0.2) is 33.7 Å². The third-order valence-electron chi connectivity index (χ3n) is 6.31. The Morgan fingerprint density at radius 1 is 0.971 bits per heavy atom. The highest BCUT2D eigenvalue weighted by Crippen LogP contribution is 2.35. The minimum absolute atomic E-state index is 0.0961. The van der Waals surface area contributed by atoms with Gasteiger partial charge in [0.2, 0.25) is 11.8 Å². The molecule has 35 heavy (non-hydrogen) atoms. The molecule has 176 valence electrons. The fourth-order valence-corrected chi connectivity index (χ4v) is 4.84. The molecule has 8 heteroatoms. The number of aromatic nitrogens is 3. The van der Waals surface area contributed by atoms with Crippen molar-refractivity contribution in [3.05, 3.63) is 65.7 Å². The minimum atomic E-state index is -0.0961. The molecule has 6 rings (SSSR count). The number of carbonyl (C=O) groups is 1. The molecule has 0 saturated carbocycles. The monoisotopic (exact) mass is 486 g/mol. The molecule has 0 unspecified atom stereocenters. The van der Waals surface area contributed by atoms with Gasteiger partial charge in [0, 0.05) is 48.0 Å². The Balaban J connectivity index is 1.46. The Hall–Kier alpha value is -3.68. The topological polar surface area (TPSA) is 82.2 Å². The van der Waals surface area contributed by atoms with Crippen LogP contribution in [0, 0.1) is 0 Å². The van der Waals surface area contributed by atoms with E-state index in [9.17, 15) is 4.79 Å². The van der Waals surface area contributed by atoms with E-state index in [1.807, 2.05) is 42.5 Å². The molecule has 1 aliphatic heterocycles. The number of hydrogen-bond donors (Lipinski definition) is 1. The van der Waals surface area contributed by atoms with E-state index in [0.717, 1.165) is 65.2 Å². The summed E-state index contributed by atoms with van der Waals surface area (Å²) in [5.74, 6) is 1.33. The van der Waals surface area contributed by atoms with Gasteiger partial charge in [-0.05, 0) is 73.5 Å². The number of fused-ring (bicyclic) bond motifs is 2. The van der Waals surface area contributed by atoms with Crippen molar-refractivity contribution in [1.29, 1.82) is 0 Å². The highest BCUT2D eigenvalue weighted by Gasteiger charge is 2.23. The molecule has 0 bridgehead atoms. The van der Waals surface area contributed by atoms with Crippen LogP contribution in [0.1, 0.15) is 25.8 Å². The van der Waals surface area contributed by atoms with Gasteiger partial charge in [0.05, 0.1) is 11.0 Å². The number of benzene rings is 3. The molecule has 2 aromatic heterocycles. The second-order valence-corrected chi connectivity index (χ2v) is 9.18. The lowest BCUT2D eigenvalue weighted by Crippen LogP contribution is -2.20. The van der Waals surface area contributed by atoms with Crippen LogP contribution in [0.5, 0.6) is 0 Å². The molecule has 1 fully saturated rings. The van der Waals surface area contributed by atoms with E-state index in [0.29, 0.717) is 16.5 Å². The van der Waals surface area contributed by atoms with E-state index < -0.39 is 0 Å². The lowest BCUT2D eigenvalue weighted by atomic mass is 10.1. The van der Waals surface area contributed by atoms with Crippen LogP contribution in [-0.2, 0) is 9.53 Å². The molecule has 0 spiro atoms. The van der Waals surface area contributed by atoms with Gasteiger partial charge in [-0.25, -0.2) is 9.97 Å². The van der Waals surface area contributed by atoms with E-state index in [1.165, 1.54) is 6.92 Å². The summed E-state index contributed by atoms with van der Waals surface area (Å²) in [4.78, 5) is 21.1. The summed E-state index contributed by atoms with van der Waals surface area (Å²) in [5, 5.41) is 3.44. The Morgan fingerprint density at radius 3 is 2.51 bits per heavy atom. The standard InChI is InChI=1S/C27H23ClN4O3/c1-16(33)29-20-6-2-17(3-7-20)26-30-22-14-18(27-31-23-15-19(28)5-9-25(23)35-27)4-8-24(22)32(26)21-10-12-34-13-11-21/h2-9,14-15,21H,10-13H2,1H3,(H,29,33). The highest BCUT2D eigenvalue weighted by molar-refractivity contribution is 6.31. The Labute approximate surface area is 206 Å². The van der Waals surface area contributed by atoms with Crippen LogP contribution in [0.2, 0.25) is 5.02 Å². The smallest absolute Gasteiger partial charge is 0.227 e. The molecule has 5 aromatic rings. The molecule has 3 aromatic carbocycles. The minimum Gasteiger partial charge on any atom is -0.436 e. The zero-order chi connectivity index (χ0) is 23.9. The molecule has 1 amide bonds. The Kier molecular flexibility index (Phi) is 5.51. The van der Waals surface area contributed by atoms with Crippen LogP contribution in [0.15, 0.2) is 65.1 Å². The zero-order valence-corrected chi connectivity index (χ0v) is 19.9. The number of anilines is 1. The maximum Gasteiger partial charge on any atom is 0.227 e. The van der Waals surface area contributed by atoms with Crippen molar-refractivity contribution in [3.63, 3.8) is 0 Å². The van der Waals surface area contributed by atoms with Gasteiger partial charge >= 0.3 is 0 Å². The number of hydrogen-bond acceptors (Lipinski definition) is 5. The van der Waals surface area contributed by atoms with Gasteiger partial charge < -0.3 is 19.0 Å². The van der Waals surface area contributed by atoms with Gasteiger partial charge in [0.1, 0.15) is 11.3 Å². The molecule has 3 heterocycles. The summed E-state index contributed by atoms with van der Waals surface area (Å²) in [7, 11) is 0. The first-order valence-corrected chi connectivity index (χ1v) is 12.0. The molecule has 0 aliphatic carbocycles. The number of rotatable bonds is 4. The lowest BCUT2D eigenvalue weighted by Gasteiger charge is -2.26. The second-order valence-electron chi connectivity index (χ2n) is 8.74. The van der Waals surface area contributed by atoms with E-state index in [2.05, 4.69) is 20.9 Å². The molecule has 0 radical (unpaired) electrons. The van der Waals surface area contributed by atoms with E-state index in [-0.39, 0.29) is 11.9 Å². The maximum atomic E-state index is 11.4.